The van der Waals surface area contributed by atoms with Crippen LogP contribution in [0.5, 0.6) is 5.75 Å². The molecule has 1 aromatic carbocycles. The van der Waals surface area contributed by atoms with E-state index < -0.39 is 10.0 Å². The SMILES string of the molecule is CCn1cc(S(=O)(=O)N(C)Cc2ccccc2O)c(N)n1. The van der Waals surface area contributed by atoms with Crippen molar-refractivity contribution in [2.75, 3.05) is 12.8 Å². The summed E-state index contributed by atoms with van der Waals surface area (Å²) in [4.78, 5) is -0.0257. The zero-order valence-corrected chi connectivity index (χ0v) is 12.7. The molecule has 0 radical (unpaired) electrons. The van der Waals surface area contributed by atoms with Crippen LogP contribution in [0.25, 0.3) is 0 Å². The molecular weight excluding hydrogens is 292 g/mol. The van der Waals surface area contributed by atoms with Gasteiger partial charge in [0.1, 0.15) is 10.6 Å². The van der Waals surface area contributed by atoms with Crippen LogP contribution in [0.2, 0.25) is 0 Å². The number of aryl methyl sites for hydroxylation is 1. The van der Waals surface area contributed by atoms with E-state index >= 15 is 0 Å². The normalized spacial score (nSPS) is 12.0. The van der Waals surface area contributed by atoms with Gasteiger partial charge in [0, 0.05) is 31.9 Å². The van der Waals surface area contributed by atoms with E-state index in [1.54, 1.807) is 18.2 Å². The Morgan fingerprint density at radius 3 is 2.62 bits per heavy atom. The van der Waals surface area contributed by atoms with E-state index in [4.69, 9.17) is 5.73 Å². The molecule has 0 aliphatic carbocycles. The Bertz CT molecular complexity index is 740. The molecular formula is C13H18N4O3S. The van der Waals surface area contributed by atoms with E-state index in [0.29, 0.717) is 12.1 Å². The number of aromatic nitrogens is 2. The zero-order valence-electron chi connectivity index (χ0n) is 11.9. The number of para-hydroxylation sites is 1. The topological polar surface area (TPSA) is 101 Å². The van der Waals surface area contributed by atoms with Crippen LogP contribution in [-0.4, -0.2) is 34.7 Å². The van der Waals surface area contributed by atoms with Crippen molar-refractivity contribution in [3.05, 3.63) is 36.0 Å². The van der Waals surface area contributed by atoms with Gasteiger partial charge in [0.25, 0.3) is 0 Å². The van der Waals surface area contributed by atoms with Crippen LogP contribution in [-0.2, 0) is 23.1 Å². The largest absolute Gasteiger partial charge is 0.508 e. The predicted octanol–water partition coefficient (Wildman–Crippen LogP) is 1.01. The van der Waals surface area contributed by atoms with E-state index in [2.05, 4.69) is 5.10 Å². The number of phenols is 1. The summed E-state index contributed by atoms with van der Waals surface area (Å²) in [6.45, 7) is 2.42. The maximum atomic E-state index is 12.5. The van der Waals surface area contributed by atoms with Gasteiger partial charge in [0.2, 0.25) is 10.0 Å². The molecule has 7 nitrogen and oxygen atoms in total. The van der Waals surface area contributed by atoms with E-state index in [1.807, 2.05) is 6.92 Å². The molecule has 0 atom stereocenters. The number of anilines is 1. The number of sulfonamides is 1. The van der Waals surface area contributed by atoms with Gasteiger partial charge in [-0.2, -0.15) is 9.40 Å². The Kier molecular flexibility index (Phi) is 4.19. The molecule has 0 saturated heterocycles. The molecule has 0 unspecified atom stereocenters. The average molecular weight is 310 g/mol. The molecule has 0 bridgehead atoms. The molecule has 2 aromatic rings. The van der Waals surface area contributed by atoms with E-state index in [0.717, 1.165) is 4.31 Å². The van der Waals surface area contributed by atoms with Crippen LogP contribution in [0.3, 0.4) is 0 Å². The van der Waals surface area contributed by atoms with Crippen LogP contribution in [0.1, 0.15) is 12.5 Å². The van der Waals surface area contributed by atoms with Gasteiger partial charge in [-0.3, -0.25) is 4.68 Å². The molecule has 21 heavy (non-hydrogen) atoms. The number of nitrogens with two attached hydrogens (primary N) is 1. The minimum absolute atomic E-state index is 0.0257. The number of hydrogen-bond donors (Lipinski definition) is 2. The van der Waals surface area contributed by atoms with Crippen molar-refractivity contribution in [1.29, 1.82) is 0 Å². The lowest BCUT2D eigenvalue weighted by Crippen LogP contribution is -2.26. The van der Waals surface area contributed by atoms with Crippen molar-refractivity contribution in [3.8, 4) is 5.75 Å². The Balaban J connectivity index is 2.30. The average Bonchev–Trinajstić information content (AvgIpc) is 2.83. The van der Waals surface area contributed by atoms with Crippen molar-refractivity contribution < 1.29 is 13.5 Å². The van der Waals surface area contributed by atoms with Crippen LogP contribution >= 0.6 is 0 Å². The standard InChI is InChI=1S/C13H18N4O3S/c1-3-17-9-12(13(14)15-17)21(19,20)16(2)8-10-6-4-5-7-11(10)18/h4-7,9,18H,3,8H2,1-2H3,(H2,14,15). The van der Waals surface area contributed by atoms with Crippen LogP contribution in [0.4, 0.5) is 5.82 Å². The fourth-order valence-electron chi connectivity index (χ4n) is 1.92. The number of rotatable bonds is 5. The van der Waals surface area contributed by atoms with Gasteiger partial charge in [-0.05, 0) is 13.0 Å². The lowest BCUT2D eigenvalue weighted by Gasteiger charge is -2.17. The molecule has 114 valence electrons. The van der Waals surface area contributed by atoms with Crippen molar-refractivity contribution in [1.82, 2.24) is 14.1 Å². The third-order valence-electron chi connectivity index (χ3n) is 3.15. The monoisotopic (exact) mass is 310 g/mol. The zero-order chi connectivity index (χ0) is 15.6. The molecule has 1 heterocycles. The van der Waals surface area contributed by atoms with E-state index in [-0.39, 0.29) is 23.0 Å². The fourth-order valence-corrected chi connectivity index (χ4v) is 3.12. The Morgan fingerprint density at radius 1 is 1.38 bits per heavy atom. The first-order valence-electron chi connectivity index (χ1n) is 6.42. The first-order chi connectivity index (χ1) is 9.86. The summed E-state index contributed by atoms with van der Waals surface area (Å²) in [6, 6.07) is 6.59. The lowest BCUT2D eigenvalue weighted by atomic mass is 10.2. The molecule has 0 aliphatic heterocycles. The summed E-state index contributed by atoms with van der Waals surface area (Å²) >= 11 is 0. The maximum absolute atomic E-state index is 12.5. The van der Waals surface area contributed by atoms with Gasteiger partial charge in [-0.1, -0.05) is 18.2 Å². The minimum atomic E-state index is -3.76. The third kappa shape index (κ3) is 3.01. The molecule has 1 aromatic heterocycles. The van der Waals surface area contributed by atoms with Gasteiger partial charge >= 0.3 is 0 Å². The summed E-state index contributed by atoms with van der Waals surface area (Å²) < 4.78 is 27.6. The van der Waals surface area contributed by atoms with E-state index in [9.17, 15) is 13.5 Å². The number of nitrogen functional groups attached to an aromatic ring is 1. The van der Waals surface area contributed by atoms with Crippen molar-refractivity contribution in [2.45, 2.75) is 24.9 Å². The second kappa shape index (κ2) is 5.74. The number of benzene rings is 1. The maximum Gasteiger partial charge on any atom is 0.248 e. The quantitative estimate of drug-likeness (QED) is 0.858. The summed E-state index contributed by atoms with van der Waals surface area (Å²) in [5.74, 6) is 0.0257. The second-order valence-corrected chi connectivity index (χ2v) is 6.64. The van der Waals surface area contributed by atoms with Crippen LogP contribution in [0, 0.1) is 0 Å². The Labute approximate surface area is 123 Å². The summed E-state index contributed by atoms with van der Waals surface area (Å²) in [5.41, 5.74) is 6.20. The highest BCUT2D eigenvalue weighted by Crippen LogP contribution is 2.24. The first kappa shape index (κ1) is 15.3. The number of hydrogen-bond acceptors (Lipinski definition) is 5. The van der Waals surface area contributed by atoms with E-state index in [1.165, 1.54) is 24.0 Å². The highest BCUT2D eigenvalue weighted by molar-refractivity contribution is 7.89. The van der Waals surface area contributed by atoms with Gasteiger partial charge in [0.15, 0.2) is 5.82 Å². The highest BCUT2D eigenvalue weighted by atomic mass is 32.2. The molecule has 0 saturated carbocycles. The van der Waals surface area contributed by atoms with Crippen molar-refractivity contribution in [2.24, 2.45) is 0 Å². The van der Waals surface area contributed by atoms with Gasteiger partial charge in [0.05, 0.1) is 0 Å². The van der Waals surface area contributed by atoms with Gasteiger partial charge < -0.3 is 10.8 Å². The molecule has 2 rings (SSSR count). The van der Waals surface area contributed by atoms with Gasteiger partial charge in [-0.15, -0.1) is 0 Å². The molecule has 3 N–H and O–H groups in total. The molecule has 0 fully saturated rings. The van der Waals surface area contributed by atoms with Crippen molar-refractivity contribution in [3.63, 3.8) is 0 Å². The summed E-state index contributed by atoms with van der Waals surface area (Å²) in [7, 11) is -2.32. The minimum Gasteiger partial charge on any atom is -0.508 e. The van der Waals surface area contributed by atoms with Crippen LogP contribution in [0.15, 0.2) is 35.4 Å². The number of phenolic OH excluding ortho intramolecular Hbond substituents is 1. The third-order valence-corrected chi connectivity index (χ3v) is 4.97. The Hall–Kier alpha value is -2.06. The smallest absolute Gasteiger partial charge is 0.248 e. The molecule has 0 aliphatic rings. The molecule has 0 spiro atoms. The summed E-state index contributed by atoms with van der Waals surface area (Å²) in [6.07, 6.45) is 1.41. The molecule has 8 heteroatoms. The fraction of sp³-hybridized carbons (Fsp3) is 0.308. The summed E-state index contributed by atoms with van der Waals surface area (Å²) in [5, 5.41) is 13.7. The highest BCUT2D eigenvalue weighted by Gasteiger charge is 2.26. The number of aromatic hydroxyl groups is 1. The lowest BCUT2D eigenvalue weighted by molar-refractivity contribution is 0.436. The van der Waals surface area contributed by atoms with Crippen molar-refractivity contribution >= 4 is 15.8 Å². The predicted molar refractivity (Wildman–Crippen MR) is 79.1 cm³/mol. The van der Waals surface area contributed by atoms with Gasteiger partial charge in [-0.25, -0.2) is 8.42 Å². The molecule has 0 amide bonds. The van der Waals surface area contributed by atoms with Crippen LogP contribution < -0.4 is 5.73 Å². The second-order valence-electron chi connectivity index (χ2n) is 4.62. The Morgan fingerprint density at radius 2 is 2.05 bits per heavy atom. The number of nitrogens with zero attached hydrogens (tertiary/aromatic N) is 3. The first-order valence-corrected chi connectivity index (χ1v) is 7.86.